The molecule has 0 aromatic heterocycles. The number of hydrogen-bond donors (Lipinski definition) is 2. The fraction of sp³-hybridized carbons (Fsp3) is 0.917. The molecule has 0 bridgehead atoms. The second-order valence-corrected chi connectivity index (χ2v) is 5.10. The Bertz CT molecular complexity index is 248. The molecule has 1 fully saturated rings. The van der Waals surface area contributed by atoms with Crippen molar-refractivity contribution < 1.29 is 14.6 Å². The molecular formula is C12H24N2O3. The second-order valence-electron chi connectivity index (χ2n) is 5.10. The Morgan fingerprint density at radius 3 is 2.59 bits per heavy atom. The molecule has 1 heterocycles. The molecular weight excluding hydrogens is 220 g/mol. The Kier molecular flexibility index (Phi) is 5.36. The normalized spacial score (nSPS) is 22.3. The third-order valence-electron chi connectivity index (χ3n) is 3.53. The van der Waals surface area contributed by atoms with Gasteiger partial charge in [0.2, 0.25) is 0 Å². The van der Waals surface area contributed by atoms with Crippen LogP contribution in [0.15, 0.2) is 0 Å². The summed E-state index contributed by atoms with van der Waals surface area (Å²) in [5.41, 5.74) is 4.59. The number of hydrogen-bond acceptors (Lipinski definition) is 4. The molecule has 1 aliphatic heterocycles. The first-order valence-corrected chi connectivity index (χ1v) is 6.23. The number of rotatable bonds is 6. The summed E-state index contributed by atoms with van der Waals surface area (Å²) in [6, 6.07) is 0. The smallest absolute Gasteiger partial charge is 0.323 e. The van der Waals surface area contributed by atoms with Gasteiger partial charge in [-0.05, 0) is 39.2 Å². The zero-order chi connectivity index (χ0) is 12.9. The minimum atomic E-state index is -1.09. The third-order valence-corrected chi connectivity index (χ3v) is 3.53. The summed E-state index contributed by atoms with van der Waals surface area (Å²) in [4.78, 5) is 13.2. The number of ether oxygens (including phenoxy) is 1. The van der Waals surface area contributed by atoms with Crippen LogP contribution in [0.1, 0.15) is 32.6 Å². The van der Waals surface area contributed by atoms with Gasteiger partial charge in [-0.2, -0.15) is 0 Å². The summed E-state index contributed by atoms with van der Waals surface area (Å²) in [6.45, 7) is 4.57. The van der Waals surface area contributed by atoms with Gasteiger partial charge in [0.05, 0.1) is 6.10 Å². The lowest BCUT2D eigenvalue weighted by molar-refractivity contribution is -0.142. The average Bonchev–Trinajstić information content (AvgIpc) is 2.29. The molecule has 3 N–H and O–H groups in total. The van der Waals surface area contributed by atoms with Crippen molar-refractivity contribution in [2.75, 3.05) is 26.7 Å². The fourth-order valence-electron chi connectivity index (χ4n) is 2.15. The van der Waals surface area contributed by atoms with Crippen LogP contribution in [0.3, 0.4) is 0 Å². The largest absolute Gasteiger partial charge is 0.480 e. The highest BCUT2D eigenvalue weighted by molar-refractivity contribution is 5.77. The Balaban J connectivity index is 2.18. The first kappa shape index (κ1) is 14.4. The van der Waals surface area contributed by atoms with Gasteiger partial charge in [-0.25, -0.2) is 0 Å². The fourth-order valence-corrected chi connectivity index (χ4v) is 2.15. The molecule has 1 atom stereocenters. The summed E-state index contributed by atoms with van der Waals surface area (Å²) in [5.74, 6) is -0.921. The van der Waals surface area contributed by atoms with Crippen LogP contribution in [0.25, 0.3) is 0 Å². The van der Waals surface area contributed by atoms with Crippen molar-refractivity contribution in [3.8, 4) is 0 Å². The van der Waals surface area contributed by atoms with E-state index >= 15 is 0 Å². The van der Waals surface area contributed by atoms with E-state index < -0.39 is 11.5 Å². The number of piperidine rings is 1. The molecule has 0 spiro atoms. The Hall–Kier alpha value is -0.650. The molecule has 0 saturated carbocycles. The second kappa shape index (κ2) is 6.33. The van der Waals surface area contributed by atoms with Gasteiger partial charge in [-0.15, -0.1) is 0 Å². The molecule has 1 aliphatic rings. The van der Waals surface area contributed by atoms with Gasteiger partial charge in [0.1, 0.15) is 5.54 Å². The van der Waals surface area contributed by atoms with Crippen LogP contribution in [0, 0.1) is 0 Å². The minimum absolute atomic E-state index is 0.394. The van der Waals surface area contributed by atoms with E-state index in [4.69, 9.17) is 15.6 Å². The van der Waals surface area contributed by atoms with Crippen molar-refractivity contribution in [2.24, 2.45) is 5.73 Å². The summed E-state index contributed by atoms with van der Waals surface area (Å²) in [6.07, 6.45) is 3.87. The van der Waals surface area contributed by atoms with Gasteiger partial charge < -0.3 is 20.5 Å². The van der Waals surface area contributed by atoms with E-state index in [2.05, 4.69) is 4.90 Å². The maximum atomic E-state index is 10.8. The molecule has 17 heavy (non-hydrogen) atoms. The van der Waals surface area contributed by atoms with E-state index in [0.29, 0.717) is 12.5 Å². The monoisotopic (exact) mass is 244 g/mol. The van der Waals surface area contributed by atoms with E-state index in [0.717, 1.165) is 38.9 Å². The number of nitrogens with zero attached hydrogens (tertiary/aromatic N) is 1. The Morgan fingerprint density at radius 2 is 2.12 bits per heavy atom. The van der Waals surface area contributed by atoms with E-state index in [1.807, 2.05) is 0 Å². The van der Waals surface area contributed by atoms with Crippen LogP contribution in [0.5, 0.6) is 0 Å². The predicted molar refractivity (Wildman–Crippen MR) is 65.9 cm³/mol. The molecule has 0 aromatic carbocycles. The zero-order valence-electron chi connectivity index (χ0n) is 10.8. The number of aliphatic carboxylic acids is 1. The van der Waals surface area contributed by atoms with Crippen molar-refractivity contribution >= 4 is 5.97 Å². The van der Waals surface area contributed by atoms with Gasteiger partial charge in [-0.1, -0.05) is 0 Å². The van der Waals surface area contributed by atoms with Gasteiger partial charge in [-0.3, -0.25) is 4.79 Å². The molecule has 5 nitrogen and oxygen atoms in total. The number of carbonyl (C=O) groups is 1. The molecule has 0 amide bonds. The predicted octanol–water partition coefficient (Wildman–Crippen LogP) is 0.679. The molecule has 1 saturated heterocycles. The van der Waals surface area contributed by atoms with Crippen LogP contribution in [-0.4, -0.2) is 54.4 Å². The molecule has 100 valence electrons. The van der Waals surface area contributed by atoms with Gasteiger partial charge in [0.15, 0.2) is 0 Å². The van der Waals surface area contributed by atoms with Gasteiger partial charge in [0, 0.05) is 20.2 Å². The van der Waals surface area contributed by atoms with Crippen molar-refractivity contribution in [1.29, 1.82) is 0 Å². The van der Waals surface area contributed by atoms with E-state index in [-0.39, 0.29) is 0 Å². The molecule has 5 heteroatoms. The van der Waals surface area contributed by atoms with Crippen LogP contribution < -0.4 is 5.73 Å². The van der Waals surface area contributed by atoms with Crippen LogP contribution in [0.2, 0.25) is 0 Å². The lowest BCUT2D eigenvalue weighted by Gasteiger charge is -2.31. The maximum absolute atomic E-state index is 10.8. The van der Waals surface area contributed by atoms with Gasteiger partial charge >= 0.3 is 5.97 Å². The molecule has 1 rings (SSSR count). The number of nitrogens with two attached hydrogens (primary N) is 1. The molecule has 1 unspecified atom stereocenters. The quantitative estimate of drug-likeness (QED) is 0.718. The highest BCUT2D eigenvalue weighted by Crippen LogP contribution is 2.15. The first-order chi connectivity index (χ1) is 7.95. The van der Waals surface area contributed by atoms with Crippen LogP contribution in [0.4, 0.5) is 0 Å². The van der Waals surface area contributed by atoms with E-state index in [9.17, 15) is 4.79 Å². The van der Waals surface area contributed by atoms with Gasteiger partial charge in [0.25, 0.3) is 0 Å². The maximum Gasteiger partial charge on any atom is 0.323 e. The number of carboxylic acid groups (broad SMARTS) is 1. The Morgan fingerprint density at radius 1 is 1.53 bits per heavy atom. The lowest BCUT2D eigenvalue weighted by Crippen LogP contribution is -2.45. The third kappa shape index (κ3) is 4.61. The summed E-state index contributed by atoms with van der Waals surface area (Å²) < 4.78 is 5.31. The minimum Gasteiger partial charge on any atom is -0.480 e. The number of likely N-dealkylation sites (tertiary alicyclic amines) is 1. The van der Waals surface area contributed by atoms with Crippen molar-refractivity contribution in [2.45, 2.75) is 44.2 Å². The summed E-state index contributed by atoms with van der Waals surface area (Å²) >= 11 is 0. The van der Waals surface area contributed by atoms with Crippen LogP contribution >= 0.6 is 0 Å². The Labute approximate surface area is 103 Å². The summed E-state index contributed by atoms with van der Waals surface area (Å²) in [7, 11) is 1.76. The number of carboxylic acids is 1. The standard InChI is InChI=1S/C12H24N2O3/c1-12(13,11(15)16)6-3-7-14-8-4-10(17-2)5-9-14/h10H,3-9,13H2,1-2H3,(H,15,16). The zero-order valence-corrected chi connectivity index (χ0v) is 10.8. The molecule has 0 aromatic rings. The van der Waals surface area contributed by atoms with Crippen molar-refractivity contribution in [1.82, 2.24) is 4.90 Å². The van der Waals surface area contributed by atoms with Crippen molar-refractivity contribution in [3.63, 3.8) is 0 Å². The van der Waals surface area contributed by atoms with Crippen molar-refractivity contribution in [3.05, 3.63) is 0 Å². The lowest BCUT2D eigenvalue weighted by atomic mass is 9.97. The number of methoxy groups -OCH3 is 1. The molecule has 0 aliphatic carbocycles. The van der Waals surface area contributed by atoms with Crippen LogP contribution in [-0.2, 0) is 9.53 Å². The topological polar surface area (TPSA) is 75.8 Å². The highest BCUT2D eigenvalue weighted by Gasteiger charge is 2.27. The molecule has 0 radical (unpaired) electrons. The SMILES string of the molecule is COC1CCN(CCCC(C)(N)C(=O)O)CC1. The van der Waals surface area contributed by atoms with E-state index in [1.165, 1.54) is 0 Å². The average molecular weight is 244 g/mol. The first-order valence-electron chi connectivity index (χ1n) is 6.23. The summed E-state index contributed by atoms with van der Waals surface area (Å²) in [5, 5.41) is 8.89. The van der Waals surface area contributed by atoms with E-state index in [1.54, 1.807) is 14.0 Å². The highest BCUT2D eigenvalue weighted by atomic mass is 16.5.